The highest BCUT2D eigenvalue weighted by Crippen LogP contribution is 2.14. The van der Waals surface area contributed by atoms with E-state index in [0.29, 0.717) is 12.0 Å². The summed E-state index contributed by atoms with van der Waals surface area (Å²) in [5, 5.41) is 0.784. The second-order valence-corrected chi connectivity index (χ2v) is 7.22. The summed E-state index contributed by atoms with van der Waals surface area (Å²) in [6.45, 7) is 5.95. The molecule has 0 bridgehead atoms. The van der Waals surface area contributed by atoms with Gasteiger partial charge in [-0.05, 0) is 54.9 Å². The maximum Gasteiger partial charge on any atom is 0.162 e. The van der Waals surface area contributed by atoms with Gasteiger partial charge in [-0.25, -0.2) is 4.39 Å². The number of hydrogen-bond acceptors (Lipinski definition) is 3. The molecule has 1 aliphatic rings. The zero-order valence-electron chi connectivity index (χ0n) is 14.8. The van der Waals surface area contributed by atoms with Crippen LogP contribution in [0.15, 0.2) is 48.5 Å². The molecule has 0 atom stereocenters. The van der Waals surface area contributed by atoms with Crippen LogP contribution >= 0.6 is 11.6 Å². The Kier molecular flexibility index (Phi) is 6.78. The lowest BCUT2D eigenvalue weighted by atomic mass is 10.1. The normalized spacial score (nSPS) is 15.9. The maximum atomic E-state index is 12.9. The average molecular weight is 375 g/mol. The molecule has 0 spiro atoms. The van der Waals surface area contributed by atoms with Crippen LogP contribution in [0.4, 0.5) is 4.39 Å². The number of hydrogen-bond donors (Lipinski definition) is 0. The Bertz CT molecular complexity index is 727. The van der Waals surface area contributed by atoms with Crippen LogP contribution in [0.5, 0.6) is 0 Å². The molecule has 0 aromatic heterocycles. The lowest BCUT2D eigenvalue weighted by Gasteiger charge is -2.34. The van der Waals surface area contributed by atoms with Crippen LogP contribution in [0.2, 0.25) is 5.02 Å². The highest BCUT2D eigenvalue weighted by atomic mass is 35.5. The molecule has 0 aliphatic carbocycles. The predicted octanol–water partition coefficient (Wildman–Crippen LogP) is 4.26. The van der Waals surface area contributed by atoms with Gasteiger partial charge in [-0.3, -0.25) is 9.69 Å². The van der Waals surface area contributed by atoms with E-state index in [1.54, 1.807) is 12.1 Å². The first-order chi connectivity index (χ1) is 12.6. The molecule has 0 saturated carbocycles. The van der Waals surface area contributed by atoms with E-state index < -0.39 is 0 Å². The van der Waals surface area contributed by atoms with Crippen molar-refractivity contribution in [3.8, 4) is 0 Å². The van der Waals surface area contributed by atoms with Gasteiger partial charge in [0, 0.05) is 49.7 Å². The van der Waals surface area contributed by atoms with E-state index in [1.807, 2.05) is 18.2 Å². The Morgan fingerprint density at radius 3 is 2.38 bits per heavy atom. The molecule has 1 fully saturated rings. The summed E-state index contributed by atoms with van der Waals surface area (Å²) in [5.74, 6) is -0.221. The second kappa shape index (κ2) is 9.26. The number of Topliss-reactive ketones (excluding diaryl/α,β-unsaturated/α-hetero) is 1. The fourth-order valence-electron chi connectivity index (χ4n) is 3.31. The third-order valence-electron chi connectivity index (χ3n) is 4.80. The minimum Gasteiger partial charge on any atom is -0.301 e. The lowest BCUT2D eigenvalue weighted by molar-refractivity contribution is 0.0959. The first-order valence-electron chi connectivity index (χ1n) is 9.08. The van der Waals surface area contributed by atoms with Gasteiger partial charge >= 0.3 is 0 Å². The zero-order chi connectivity index (χ0) is 18.4. The first-order valence-corrected chi connectivity index (χ1v) is 9.46. The van der Waals surface area contributed by atoms with Crippen molar-refractivity contribution in [1.29, 1.82) is 0 Å². The van der Waals surface area contributed by atoms with Crippen molar-refractivity contribution in [1.82, 2.24) is 9.80 Å². The summed E-state index contributed by atoms with van der Waals surface area (Å²) in [5.41, 5.74) is 1.84. The van der Waals surface area contributed by atoms with E-state index >= 15 is 0 Å². The van der Waals surface area contributed by atoms with Crippen molar-refractivity contribution in [2.45, 2.75) is 19.4 Å². The summed E-state index contributed by atoms with van der Waals surface area (Å²) in [4.78, 5) is 17.0. The van der Waals surface area contributed by atoms with Crippen molar-refractivity contribution in [3.63, 3.8) is 0 Å². The van der Waals surface area contributed by atoms with Gasteiger partial charge < -0.3 is 4.90 Å². The summed E-state index contributed by atoms with van der Waals surface area (Å²) in [6, 6.07) is 13.8. The van der Waals surface area contributed by atoms with Crippen molar-refractivity contribution in [3.05, 3.63) is 70.5 Å². The van der Waals surface area contributed by atoms with Gasteiger partial charge in [0.15, 0.2) is 5.78 Å². The van der Waals surface area contributed by atoms with Crippen molar-refractivity contribution in [2.75, 3.05) is 32.7 Å². The van der Waals surface area contributed by atoms with E-state index in [9.17, 15) is 9.18 Å². The fourth-order valence-corrected chi connectivity index (χ4v) is 3.52. The highest BCUT2D eigenvalue weighted by molar-refractivity contribution is 6.30. The van der Waals surface area contributed by atoms with Crippen molar-refractivity contribution >= 4 is 17.4 Å². The van der Waals surface area contributed by atoms with Gasteiger partial charge in [-0.15, -0.1) is 0 Å². The minimum atomic E-state index is -0.308. The smallest absolute Gasteiger partial charge is 0.162 e. The number of benzene rings is 2. The number of nitrogens with zero attached hydrogens (tertiary/aromatic N) is 2. The largest absolute Gasteiger partial charge is 0.301 e. The molecular weight excluding hydrogens is 351 g/mol. The van der Waals surface area contributed by atoms with Crippen LogP contribution in [-0.4, -0.2) is 48.3 Å². The van der Waals surface area contributed by atoms with Crippen LogP contribution in [-0.2, 0) is 6.54 Å². The summed E-state index contributed by atoms with van der Waals surface area (Å²) in [6.07, 6.45) is 1.35. The summed E-state index contributed by atoms with van der Waals surface area (Å²) in [7, 11) is 0. The molecule has 1 saturated heterocycles. The van der Waals surface area contributed by atoms with E-state index in [4.69, 9.17) is 11.6 Å². The Labute approximate surface area is 159 Å². The monoisotopic (exact) mass is 374 g/mol. The maximum absolute atomic E-state index is 12.9. The third-order valence-corrected chi connectivity index (χ3v) is 5.04. The lowest BCUT2D eigenvalue weighted by Crippen LogP contribution is -2.46. The number of halogens is 2. The predicted molar refractivity (Wildman–Crippen MR) is 103 cm³/mol. The zero-order valence-corrected chi connectivity index (χ0v) is 15.6. The van der Waals surface area contributed by atoms with Gasteiger partial charge in [0.2, 0.25) is 0 Å². The number of piperazine rings is 1. The average Bonchev–Trinajstić information content (AvgIpc) is 2.64. The SMILES string of the molecule is O=C(CCCN1CCN(Cc2cccc(Cl)c2)CC1)c1ccc(F)cc1. The van der Waals surface area contributed by atoms with Gasteiger partial charge in [0.05, 0.1) is 0 Å². The highest BCUT2D eigenvalue weighted by Gasteiger charge is 2.17. The van der Waals surface area contributed by atoms with Crippen LogP contribution in [0.3, 0.4) is 0 Å². The summed E-state index contributed by atoms with van der Waals surface area (Å²) >= 11 is 6.05. The van der Waals surface area contributed by atoms with Crippen molar-refractivity contribution in [2.24, 2.45) is 0 Å². The van der Waals surface area contributed by atoms with E-state index in [0.717, 1.165) is 50.7 Å². The van der Waals surface area contributed by atoms with Gasteiger partial charge in [0.25, 0.3) is 0 Å². The molecule has 1 heterocycles. The minimum absolute atomic E-state index is 0.0876. The Balaban J connectivity index is 1.36. The Hall–Kier alpha value is -1.75. The number of ketones is 1. The second-order valence-electron chi connectivity index (χ2n) is 6.78. The molecule has 3 rings (SSSR count). The third kappa shape index (κ3) is 5.63. The molecule has 2 aromatic carbocycles. The number of carbonyl (C=O) groups is 1. The number of rotatable bonds is 7. The van der Waals surface area contributed by atoms with Crippen LogP contribution in [0.25, 0.3) is 0 Å². The standard InChI is InChI=1S/C21H24ClFN2O/c22-19-4-1-3-17(15-19)16-25-13-11-24(12-14-25)10-2-5-21(26)18-6-8-20(23)9-7-18/h1,3-4,6-9,15H,2,5,10-14,16H2. The van der Waals surface area contributed by atoms with E-state index in [2.05, 4.69) is 15.9 Å². The Morgan fingerprint density at radius 2 is 1.69 bits per heavy atom. The molecule has 5 heteroatoms. The van der Waals surface area contributed by atoms with Gasteiger partial charge in [0.1, 0.15) is 5.82 Å². The quantitative estimate of drug-likeness (QED) is 0.676. The molecule has 1 aliphatic heterocycles. The molecule has 0 unspecified atom stereocenters. The summed E-state index contributed by atoms with van der Waals surface area (Å²) < 4.78 is 12.9. The molecule has 0 N–H and O–H groups in total. The van der Waals surface area contributed by atoms with Crippen LogP contribution in [0.1, 0.15) is 28.8 Å². The topological polar surface area (TPSA) is 23.6 Å². The van der Waals surface area contributed by atoms with E-state index in [1.165, 1.54) is 17.7 Å². The van der Waals surface area contributed by atoms with Gasteiger partial charge in [-0.2, -0.15) is 0 Å². The fraction of sp³-hybridized carbons (Fsp3) is 0.381. The number of carbonyl (C=O) groups excluding carboxylic acids is 1. The van der Waals surface area contributed by atoms with Crippen LogP contribution < -0.4 is 0 Å². The molecule has 138 valence electrons. The molecule has 3 nitrogen and oxygen atoms in total. The van der Waals surface area contributed by atoms with Gasteiger partial charge in [-0.1, -0.05) is 23.7 Å². The molecular formula is C21H24ClFN2O. The molecule has 0 radical (unpaired) electrons. The molecule has 2 aromatic rings. The molecule has 26 heavy (non-hydrogen) atoms. The van der Waals surface area contributed by atoms with Crippen molar-refractivity contribution < 1.29 is 9.18 Å². The van der Waals surface area contributed by atoms with E-state index in [-0.39, 0.29) is 11.6 Å². The molecule has 0 amide bonds. The first kappa shape index (κ1) is 19.0. The Morgan fingerprint density at radius 1 is 1.00 bits per heavy atom. The van der Waals surface area contributed by atoms with Crippen LogP contribution in [0, 0.1) is 5.82 Å².